The van der Waals surface area contributed by atoms with Crippen molar-refractivity contribution in [3.63, 3.8) is 0 Å². The number of nitrogens with one attached hydrogen (secondary N) is 1. The van der Waals surface area contributed by atoms with Gasteiger partial charge in [0.1, 0.15) is 17.7 Å². The fourth-order valence-electron chi connectivity index (χ4n) is 3.57. The molecular weight excluding hydrogens is 368 g/mol. The fraction of sp³-hybridized carbons (Fsp3) is 0.462. The normalized spacial score (nSPS) is 17.5. The topological polar surface area (TPSA) is 62.9 Å². The van der Waals surface area contributed by atoms with Gasteiger partial charge in [0, 0.05) is 44.0 Å². The summed E-state index contributed by atoms with van der Waals surface area (Å²) in [6.07, 6.45) is 11.4. The molecule has 1 fully saturated rings. The molecule has 1 aliphatic carbocycles. The van der Waals surface area contributed by atoms with Gasteiger partial charge in [-0.25, -0.2) is 0 Å². The van der Waals surface area contributed by atoms with E-state index in [2.05, 4.69) is 57.2 Å². The molecule has 0 atom stereocenters. The van der Waals surface area contributed by atoms with Gasteiger partial charge in [-0.05, 0) is 49.3 Å². The van der Waals surface area contributed by atoms with Crippen molar-refractivity contribution in [3.8, 4) is 12.1 Å². The number of allylic oxidation sites excluding steroid dienone is 10. The Hall–Kier alpha value is -2.98. The monoisotopic (exact) mass is 402 g/mol. The first-order valence-corrected chi connectivity index (χ1v) is 10.5. The maximum atomic E-state index is 9.41. The quantitative estimate of drug-likeness (QED) is 0.474. The summed E-state index contributed by atoms with van der Waals surface area (Å²) in [5, 5.41) is 22.4. The zero-order valence-corrected chi connectivity index (χ0v) is 19.5. The third-order valence-electron chi connectivity index (χ3n) is 5.77. The van der Waals surface area contributed by atoms with Gasteiger partial charge >= 0.3 is 0 Å². The van der Waals surface area contributed by atoms with Crippen LogP contribution in [0.15, 0.2) is 69.1 Å². The Balaban J connectivity index is 2.36. The van der Waals surface area contributed by atoms with Crippen LogP contribution in [0, 0.1) is 28.1 Å². The van der Waals surface area contributed by atoms with Gasteiger partial charge < -0.3 is 10.2 Å². The SMILES string of the molecule is CC(/C=C/C1=C2NCCCC2=C(N(C)C)C1)=C\C(/C=C(\C)C(C)(C)C)=C(C#N)C#N. The molecule has 0 amide bonds. The molecule has 0 spiro atoms. The highest BCUT2D eigenvalue weighted by Crippen LogP contribution is 2.37. The number of nitrogens with zero attached hydrogens (tertiary/aromatic N) is 3. The van der Waals surface area contributed by atoms with Crippen LogP contribution in [0.2, 0.25) is 0 Å². The van der Waals surface area contributed by atoms with Crippen LogP contribution in [0.5, 0.6) is 0 Å². The standard InChI is InChI=1S/C26H34N4/c1-18(13-21(22(16-27)17-28)14-19(2)26(3,4)5)10-11-20-15-24(30(6)7)23-9-8-12-29-25(20)23/h10-11,13-14,29H,8-9,12,15H2,1-7H3/b11-10+,18-13+,19-14+. The highest BCUT2D eigenvalue weighted by molar-refractivity contribution is 5.54. The Morgan fingerprint density at radius 3 is 2.33 bits per heavy atom. The predicted molar refractivity (Wildman–Crippen MR) is 124 cm³/mol. The molecule has 2 rings (SSSR count). The van der Waals surface area contributed by atoms with Gasteiger partial charge in [-0.15, -0.1) is 0 Å². The van der Waals surface area contributed by atoms with E-state index in [0.717, 1.165) is 30.5 Å². The van der Waals surface area contributed by atoms with Crippen molar-refractivity contribution in [1.29, 1.82) is 10.5 Å². The third kappa shape index (κ3) is 5.55. The molecule has 0 saturated carbocycles. The predicted octanol–water partition coefficient (Wildman–Crippen LogP) is 5.68. The van der Waals surface area contributed by atoms with Gasteiger partial charge in [-0.1, -0.05) is 50.1 Å². The van der Waals surface area contributed by atoms with Crippen LogP contribution in [0.25, 0.3) is 0 Å². The largest absolute Gasteiger partial charge is 0.385 e. The molecule has 0 radical (unpaired) electrons. The molecule has 0 unspecified atom stereocenters. The smallest absolute Gasteiger partial charge is 0.136 e. The summed E-state index contributed by atoms with van der Waals surface area (Å²) < 4.78 is 0. The van der Waals surface area contributed by atoms with Crippen molar-refractivity contribution < 1.29 is 0 Å². The maximum Gasteiger partial charge on any atom is 0.136 e. The van der Waals surface area contributed by atoms with E-state index in [1.54, 1.807) is 0 Å². The Morgan fingerprint density at radius 1 is 1.10 bits per heavy atom. The van der Waals surface area contributed by atoms with Gasteiger partial charge in [-0.2, -0.15) is 10.5 Å². The first-order chi connectivity index (χ1) is 14.1. The lowest BCUT2D eigenvalue weighted by molar-refractivity contribution is 0.491. The molecule has 1 heterocycles. The van der Waals surface area contributed by atoms with Crippen LogP contribution in [-0.2, 0) is 0 Å². The van der Waals surface area contributed by atoms with Crippen LogP contribution < -0.4 is 5.32 Å². The summed E-state index contributed by atoms with van der Waals surface area (Å²) in [7, 11) is 4.22. The van der Waals surface area contributed by atoms with Gasteiger partial charge in [-0.3, -0.25) is 0 Å². The van der Waals surface area contributed by atoms with Crippen LogP contribution >= 0.6 is 0 Å². The second-order valence-corrected chi connectivity index (χ2v) is 9.28. The number of nitriles is 2. The minimum absolute atomic E-state index is 0.0213. The molecule has 0 aromatic carbocycles. The summed E-state index contributed by atoms with van der Waals surface area (Å²) in [4.78, 5) is 2.22. The molecule has 0 bridgehead atoms. The molecular formula is C26H34N4. The molecule has 1 N–H and O–H groups in total. The van der Waals surface area contributed by atoms with E-state index in [1.807, 2.05) is 38.1 Å². The van der Waals surface area contributed by atoms with Crippen molar-refractivity contribution in [2.45, 2.75) is 53.9 Å². The Labute approximate surface area is 182 Å². The van der Waals surface area contributed by atoms with E-state index < -0.39 is 0 Å². The van der Waals surface area contributed by atoms with Gasteiger partial charge in [0.2, 0.25) is 0 Å². The summed E-state index contributed by atoms with van der Waals surface area (Å²) in [5.41, 5.74) is 8.33. The van der Waals surface area contributed by atoms with E-state index in [1.165, 1.54) is 29.0 Å². The van der Waals surface area contributed by atoms with Crippen LogP contribution in [0.1, 0.15) is 53.9 Å². The van der Waals surface area contributed by atoms with Crippen molar-refractivity contribution in [1.82, 2.24) is 10.2 Å². The number of hydrogen-bond donors (Lipinski definition) is 1. The zero-order valence-electron chi connectivity index (χ0n) is 19.5. The Bertz CT molecular complexity index is 942. The zero-order chi connectivity index (χ0) is 22.5. The number of hydrogen-bond acceptors (Lipinski definition) is 4. The minimum atomic E-state index is -0.0213. The Morgan fingerprint density at radius 2 is 1.77 bits per heavy atom. The average molecular weight is 403 g/mol. The summed E-state index contributed by atoms with van der Waals surface area (Å²) in [6.45, 7) is 11.5. The molecule has 158 valence electrons. The van der Waals surface area contributed by atoms with Gasteiger partial charge in [0.25, 0.3) is 0 Å². The highest BCUT2D eigenvalue weighted by Gasteiger charge is 2.26. The van der Waals surface area contributed by atoms with Crippen molar-refractivity contribution in [2.75, 3.05) is 20.6 Å². The van der Waals surface area contributed by atoms with Crippen molar-refractivity contribution in [2.24, 2.45) is 5.41 Å². The lowest BCUT2D eigenvalue weighted by atomic mass is 9.86. The fourth-order valence-corrected chi connectivity index (χ4v) is 3.57. The first-order valence-electron chi connectivity index (χ1n) is 10.5. The number of rotatable bonds is 5. The van der Waals surface area contributed by atoms with Crippen LogP contribution in [0.4, 0.5) is 0 Å². The molecule has 1 aliphatic heterocycles. The van der Waals surface area contributed by atoms with Crippen molar-refractivity contribution >= 4 is 0 Å². The second-order valence-electron chi connectivity index (χ2n) is 9.28. The van der Waals surface area contributed by atoms with Crippen LogP contribution in [0.3, 0.4) is 0 Å². The van der Waals surface area contributed by atoms with E-state index in [-0.39, 0.29) is 11.0 Å². The molecule has 4 nitrogen and oxygen atoms in total. The first kappa shape index (κ1) is 23.3. The number of piperidine rings is 1. The third-order valence-corrected chi connectivity index (χ3v) is 5.77. The van der Waals surface area contributed by atoms with Gasteiger partial charge in [0.15, 0.2) is 0 Å². The molecule has 2 aliphatic rings. The van der Waals surface area contributed by atoms with E-state index >= 15 is 0 Å². The molecule has 0 aromatic heterocycles. The average Bonchev–Trinajstić information content (AvgIpc) is 3.05. The molecule has 1 saturated heterocycles. The molecule has 30 heavy (non-hydrogen) atoms. The maximum absolute atomic E-state index is 9.41. The summed E-state index contributed by atoms with van der Waals surface area (Å²) in [5.74, 6) is 0. The minimum Gasteiger partial charge on any atom is -0.385 e. The molecule has 0 aromatic rings. The second kappa shape index (κ2) is 9.68. The van der Waals surface area contributed by atoms with E-state index in [4.69, 9.17) is 0 Å². The summed E-state index contributed by atoms with van der Waals surface area (Å²) in [6, 6.07) is 4.08. The lowest BCUT2D eigenvalue weighted by Gasteiger charge is -2.22. The molecule has 4 heteroatoms. The summed E-state index contributed by atoms with van der Waals surface area (Å²) >= 11 is 0. The number of fused-ring (bicyclic) bond motifs is 1. The van der Waals surface area contributed by atoms with Gasteiger partial charge in [0.05, 0.1) is 0 Å². The highest BCUT2D eigenvalue weighted by atomic mass is 15.1. The van der Waals surface area contributed by atoms with Crippen molar-refractivity contribution in [3.05, 3.63) is 69.1 Å². The lowest BCUT2D eigenvalue weighted by Crippen LogP contribution is -2.23. The van der Waals surface area contributed by atoms with Crippen LogP contribution in [-0.4, -0.2) is 25.5 Å². The van der Waals surface area contributed by atoms with E-state index in [0.29, 0.717) is 5.57 Å². The van der Waals surface area contributed by atoms with E-state index in [9.17, 15) is 10.5 Å². The Kier molecular flexibility index (Phi) is 7.52.